The summed E-state index contributed by atoms with van der Waals surface area (Å²) in [6, 6.07) is 7.77. The predicted molar refractivity (Wildman–Crippen MR) is 106 cm³/mol. The molecule has 1 saturated carbocycles. The van der Waals surface area contributed by atoms with E-state index in [0.717, 1.165) is 6.42 Å². The van der Waals surface area contributed by atoms with Gasteiger partial charge < -0.3 is 9.73 Å². The summed E-state index contributed by atoms with van der Waals surface area (Å²) in [4.78, 5) is 44.5. The Kier molecular flexibility index (Phi) is 4.38. The molecule has 2 bridgehead atoms. The van der Waals surface area contributed by atoms with Crippen LogP contribution >= 0.6 is 15.9 Å². The number of anilines is 1. The van der Waals surface area contributed by atoms with Crippen LogP contribution < -0.4 is 5.32 Å². The Labute approximate surface area is 175 Å². The molecule has 148 valence electrons. The van der Waals surface area contributed by atoms with Gasteiger partial charge >= 0.3 is 0 Å². The summed E-state index contributed by atoms with van der Waals surface area (Å²) in [5, 5.41) is 2.72. The van der Waals surface area contributed by atoms with Crippen LogP contribution in [0.1, 0.15) is 24.6 Å². The van der Waals surface area contributed by atoms with E-state index in [0.29, 0.717) is 16.2 Å². The Morgan fingerprint density at radius 3 is 2.48 bits per heavy atom. The number of pyridine rings is 1. The third kappa shape index (κ3) is 3.02. The van der Waals surface area contributed by atoms with E-state index >= 15 is 0 Å². The average Bonchev–Trinajstić information content (AvgIpc) is 3.46. The average molecular weight is 456 g/mol. The number of nitrogens with zero attached hydrogens (tertiary/aromatic N) is 2. The first-order valence-corrected chi connectivity index (χ1v) is 10.3. The maximum absolute atomic E-state index is 13.2. The van der Waals surface area contributed by atoms with Crippen LogP contribution in [0.5, 0.6) is 0 Å². The largest absolute Gasteiger partial charge is 0.452 e. The molecule has 29 heavy (non-hydrogen) atoms. The van der Waals surface area contributed by atoms with E-state index in [-0.39, 0.29) is 47.8 Å². The molecule has 2 aliphatic carbocycles. The molecule has 5 unspecified atom stereocenters. The molecule has 3 heterocycles. The second-order valence-electron chi connectivity index (χ2n) is 7.67. The Morgan fingerprint density at radius 2 is 1.90 bits per heavy atom. The summed E-state index contributed by atoms with van der Waals surface area (Å²) in [7, 11) is 0. The minimum atomic E-state index is -0.796. The fraction of sp³-hybridized carbons (Fsp3) is 0.333. The topological polar surface area (TPSA) is 92.5 Å². The number of halogens is 1. The van der Waals surface area contributed by atoms with Gasteiger partial charge in [-0.05, 0) is 58.5 Å². The van der Waals surface area contributed by atoms with Crippen LogP contribution in [0.2, 0.25) is 0 Å². The van der Waals surface area contributed by atoms with E-state index in [9.17, 15) is 14.4 Å². The maximum Gasteiger partial charge on any atom is 0.234 e. The highest BCUT2D eigenvalue weighted by molar-refractivity contribution is 9.10. The summed E-state index contributed by atoms with van der Waals surface area (Å²) >= 11 is 3.26. The van der Waals surface area contributed by atoms with Crippen LogP contribution in [-0.4, -0.2) is 27.6 Å². The third-order valence-corrected chi connectivity index (χ3v) is 6.48. The van der Waals surface area contributed by atoms with Crippen molar-refractivity contribution in [2.24, 2.45) is 23.7 Å². The van der Waals surface area contributed by atoms with Crippen molar-refractivity contribution < 1.29 is 18.8 Å². The molecule has 1 N–H and O–H groups in total. The molecule has 5 rings (SSSR count). The SMILES string of the molecule is O=C(CC(c1ccc(Br)o1)N1C(=O)C2C3C=CC(C3)C2C1=O)Nc1ccccn1. The Morgan fingerprint density at radius 1 is 1.17 bits per heavy atom. The lowest BCUT2D eigenvalue weighted by Crippen LogP contribution is -2.38. The molecular formula is C21H18BrN3O4. The summed E-state index contributed by atoms with van der Waals surface area (Å²) in [6.45, 7) is 0. The number of amides is 3. The summed E-state index contributed by atoms with van der Waals surface area (Å²) in [5.74, 6) is -0.379. The number of imide groups is 1. The van der Waals surface area contributed by atoms with Crippen molar-refractivity contribution in [3.05, 3.63) is 59.1 Å². The van der Waals surface area contributed by atoms with Gasteiger partial charge in [-0.2, -0.15) is 0 Å². The van der Waals surface area contributed by atoms with Crippen molar-refractivity contribution in [2.45, 2.75) is 18.9 Å². The summed E-state index contributed by atoms with van der Waals surface area (Å²) < 4.78 is 6.13. The molecule has 8 heteroatoms. The zero-order valence-corrected chi connectivity index (χ0v) is 16.9. The molecule has 2 fully saturated rings. The maximum atomic E-state index is 13.2. The lowest BCUT2D eigenvalue weighted by atomic mass is 9.85. The number of aromatic nitrogens is 1. The molecule has 0 spiro atoms. The molecule has 2 aromatic heterocycles. The minimum absolute atomic E-state index is 0.101. The van der Waals surface area contributed by atoms with Crippen LogP contribution in [-0.2, 0) is 14.4 Å². The van der Waals surface area contributed by atoms with Gasteiger partial charge in [0.05, 0.1) is 18.3 Å². The number of fused-ring (bicyclic) bond motifs is 5. The van der Waals surface area contributed by atoms with E-state index in [1.807, 2.05) is 12.2 Å². The van der Waals surface area contributed by atoms with Crippen molar-refractivity contribution in [1.82, 2.24) is 9.88 Å². The number of allylic oxidation sites excluding steroid dienone is 2. The van der Waals surface area contributed by atoms with Crippen molar-refractivity contribution >= 4 is 39.5 Å². The molecule has 2 aromatic rings. The van der Waals surface area contributed by atoms with Crippen molar-refractivity contribution in [1.29, 1.82) is 0 Å². The first-order chi connectivity index (χ1) is 14.0. The van der Waals surface area contributed by atoms with Crippen LogP contribution in [0.4, 0.5) is 5.82 Å². The lowest BCUT2D eigenvalue weighted by Gasteiger charge is -2.26. The second kappa shape index (κ2) is 6.95. The van der Waals surface area contributed by atoms with Crippen LogP contribution in [0.25, 0.3) is 0 Å². The quantitative estimate of drug-likeness (QED) is 0.551. The van der Waals surface area contributed by atoms with E-state index in [1.54, 1.807) is 36.5 Å². The highest BCUT2D eigenvalue weighted by Crippen LogP contribution is 2.54. The van der Waals surface area contributed by atoms with Gasteiger partial charge in [0.1, 0.15) is 17.6 Å². The third-order valence-electron chi connectivity index (χ3n) is 6.05. The predicted octanol–water partition coefficient (Wildman–Crippen LogP) is 3.31. The van der Waals surface area contributed by atoms with Crippen molar-refractivity contribution in [2.75, 3.05) is 5.32 Å². The van der Waals surface area contributed by atoms with Gasteiger partial charge in [0.15, 0.2) is 4.67 Å². The minimum Gasteiger partial charge on any atom is -0.452 e. The first-order valence-electron chi connectivity index (χ1n) is 9.54. The molecule has 5 atom stereocenters. The van der Waals surface area contributed by atoms with Crippen molar-refractivity contribution in [3.63, 3.8) is 0 Å². The Hall–Kier alpha value is -2.74. The zero-order chi connectivity index (χ0) is 20.1. The fourth-order valence-electron chi connectivity index (χ4n) is 4.87. The highest BCUT2D eigenvalue weighted by atomic mass is 79.9. The zero-order valence-electron chi connectivity index (χ0n) is 15.3. The normalized spacial score (nSPS) is 28.1. The highest BCUT2D eigenvalue weighted by Gasteiger charge is 2.60. The van der Waals surface area contributed by atoms with Gasteiger partial charge in [0.2, 0.25) is 17.7 Å². The second-order valence-corrected chi connectivity index (χ2v) is 8.45. The van der Waals surface area contributed by atoms with Crippen molar-refractivity contribution in [3.8, 4) is 0 Å². The van der Waals surface area contributed by atoms with Gasteiger partial charge in [0, 0.05) is 6.20 Å². The number of hydrogen-bond acceptors (Lipinski definition) is 5. The Balaban J connectivity index is 1.43. The van der Waals surface area contributed by atoms with Gasteiger partial charge in [-0.25, -0.2) is 4.98 Å². The standard InChI is InChI=1S/C21H18BrN3O4/c22-15-7-6-14(29-15)13(10-17(26)24-16-3-1-2-8-23-16)25-20(27)18-11-4-5-12(9-11)19(18)21(25)28/h1-8,11-13,18-19H,9-10H2,(H,23,24,26). The smallest absolute Gasteiger partial charge is 0.234 e. The summed E-state index contributed by atoms with van der Waals surface area (Å²) in [5.41, 5.74) is 0. The number of carbonyl (C=O) groups excluding carboxylic acids is 3. The van der Waals surface area contributed by atoms with E-state index in [2.05, 4.69) is 26.2 Å². The van der Waals surface area contributed by atoms with Gasteiger partial charge in [0.25, 0.3) is 0 Å². The van der Waals surface area contributed by atoms with E-state index in [4.69, 9.17) is 4.42 Å². The molecule has 0 aromatic carbocycles. The molecule has 7 nitrogen and oxygen atoms in total. The van der Waals surface area contributed by atoms with Crippen LogP contribution in [0.3, 0.4) is 0 Å². The molecule has 1 saturated heterocycles. The molecular weight excluding hydrogens is 438 g/mol. The number of nitrogens with one attached hydrogen (secondary N) is 1. The first kappa shape index (κ1) is 18.3. The molecule has 1 aliphatic heterocycles. The van der Waals surface area contributed by atoms with Crippen LogP contribution in [0, 0.1) is 23.7 Å². The van der Waals surface area contributed by atoms with E-state index in [1.165, 1.54) is 4.90 Å². The number of carbonyl (C=O) groups is 3. The van der Waals surface area contributed by atoms with Gasteiger partial charge in [-0.3, -0.25) is 19.3 Å². The molecule has 3 aliphatic rings. The van der Waals surface area contributed by atoms with E-state index < -0.39 is 6.04 Å². The monoisotopic (exact) mass is 455 g/mol. The Bertz CT molecular complexity index is 988. The number of hydrogen-bond donors (Lipinski definition) is 1. The van der Waals surface area contributed by atoms with Gasteiger partial charge in [-0.15, -0.1) is 0 Å². The molecule has 3 amide bonds. The number of furan rings is 1. The fourth-order valence-corrected chi connectivity index (χ4v) is 5.18. The van der Waals surface area contributed by atoms with Gasteiger partial charge in [-0.1, -0.05) is 18.2 Å². The number of rotatable bonds is 5. The molecule has 0 radical (unpaired) electrons. The summed E-state index contributed by atoms with van der Waals surface area (Å²) in [6.07, 6.45) is 6.43. The lowest BCUT2D eigenvalue weighted by molar-refractivity contribution is -0.144. The number of likely N-dealkylation sites (tertiary alicyclic amines) is 1. The van der Waals surface area contributed by atoms with Crippen LogP contribution in [0.15, 0.2) is 57.8 Å².